The van der Waals surface area contributed by atoms with Crippen LogP contribution in [-0.4, -0.2) is 37.5 Å². The van der Waals surface area contributed by atoms with Gasteiger partial charge in [-0.1, -0.05) is 18.2 Å². The van der Waals surface area contributed by atoms with E-state index in [-0.39, 0.29) is 24.1 Å². The first kappa shape index (κ1) is 22.4. The molecule has 2 heterocycles. The van der Waals surface area contributed by atoms with E-state index in [1.807, 2.05) is 48.7 Å². The second-order valence-electron chi connectivity index (χ2n) is 7.20. The van der Waals surface area contributed by atoms with Gasteiger partial charge in [0, 0.05) is 16.6 Å². The van der Waals surface area contributed by atoms with E-state index in [4.69, 9.17) is 14.2 Å². The monoisotopic (exact) mass is 464 g/mol. The van der Waals surface area contributed by atoms with Crippen LogP contribution < -0.4 is 19.5 Å². The van der Waals surface area contributed by atoms with Gasteiger partial charge in [-0.2, -0.15) is 0 Å². The number of carbonyl (C=O) groups is 2. The molecule has 1 aliphatic rings. The van der Waals surface area contributed by atoms with E-state index in [0.717, 1.165) is 10.4 Å². The maximum atomic E-state index is 13.4. The fourth-order valence-corrected chi connectivity index (χ4v) is 4.39. The predicted molar refractivity (Wildman–Crippen MR) is 128 cm³/mol. The summed E-state index contributed by atoms with van der Waals surface area (Å²) in [5.41, 5.74) is 2.02. The first-order valence-corrected chi connectivity index (χ1v) is 11.3. The van der Waals surface area contributed by atoms with Crippen molar-refractivity contribution in [1.82, 2.24) is 4.90 Å². The molecule has 1 aliphatic heterocycles. The highest BCUT2D eigenvalue weighted by atomic mass is 32.1. The number of hydrogen-bond donors (Lipinski definition) is 1. The van der Waals surface area contributed by atoms with Crippen LogP contribution in [-0.2, 0) is 16.1 Å². The molecule has 8 heteroatoms. The number of anilines is 1. The van der Waals surface area contributed by atoms with E-state index < -0.39 is 0 Å². The topological polar surface area (TPSA) is 77.1 Å². The molecule has 0 saturated heterocycles. The van der Waals surface area contributed by atoms with Crippen molar-refractivity contribution in [1.29, 1.82) is 0 Å². The van der Waals surface area contributed by atoms with Crippen molar-refractivity contribution in [3.63, 3.8) is 0 Å². The number of carbonyl (C=O) groups excluding carboxylic acids is 2. The van der Waals surface area contributed by atoms with Crippen LogP contribution in [0.1, 0.15) is 17.4 Å². The number of ether oxygens (including phenoxy) is 3. The molecular weight excluding hydrogens is 440 g/mol. The summed E-state index contributed by atoms with van der Waals surface area (Å²) in [7, 11) is 3.10. The SMILES string of the molecule is CCOc1cccc(NC2=C(c3cccs3)C(=O)N(Cc3ccc(OC)c(OC)c3)C2=O)c1. The van der Waals surface area contributed by atoms with Crippen molar-refractivity contribution < 1.29 is 23.8 Å². The molecule has 0 bridgehead atoms. The number of amides is 2. The highest BCUT2D eigenvalue weighted by Crippen LogP contribution is 2.35. The molecule has 0 spiro atoms. The minimum Gasteiger partial charge on any atom is -0.494 e. The number of methoxy groups -OCH3 is 2. The number of nitrogens with one attached hydrogen (secondary N) is 1. The first-order valence-electron chi connectivity index (χ1n) is 10.4. The van der Waals surface area contributed by atoms with Crippen LogP contribution in [0.2, 0.25) is 0 Å². The second kappa shape index (κ2) is 9.79. The molecule has 7 nitrogen and oxygen atoms in total. The molecule has 0 atom stereocenters. The van der Waals surface area contributed by atoms with Gasteiger partial charge in [-0.25, -0.2) is 0 Å². The fraction of sp³-hybridized carbons (Fsp3) is 0.200. The normalized spacial score (nSPS) is 13.5. The lowest BCUT2D eigenvalue weighted by Crippen LogP contribution is -2.32. The second-order valence-corrected chi connectivity index (χ2v) is 8.15. The average Bonchev–Trinajstić information content (AvgIpc) is 3.43. The Morgan fingerprint density at radius 3 is 2.45 bits per heavy atom. The lowest BCUT2D eigenvalue weighted by Gasteiger charge is -2.17. The smallest absolute Gasteiger partial charge is 0.278 e. The van der Waals surface area contributed by atoms with Crippen molar-refractivity contribution in [3.8, 4) is 17.2 Å². The molecule has 2 amide bonds. The summed E-state index contributed by atoms with van der Waals surface area (Å²) in [6.45, 7) is 2.54. The van der Waals surface area contributed by atoms with Gasteiger partial charge in [0.15, 0.2) is 11.5 Å². The van der Waals surface area contributed by atoms with Crippen LogP contribution in [0.15, 0.2) is 65.7 Å². The molecule has 170 valence electrons. The van der Waals surface area contributed by atoms with Gasteiger partial charge in [0.25, 0.3) is 11.8 Å². The highest BCUT2D eigenvalue weighted by molar-refractivity contribution is 7.11. The van der Waals surface area contributed by atoms with Crippen LogP contribution in [0.5, 0.6) is 17.2 Å². The third-order valence-electron chi connectivity index (χ3n) is 5.14. The summed E-state index contributed by atoms with van der Waals surface area (Å²) in [6, 6.07) is 16.3. The Kier molecular flexibility index (Phi) is 6.65. The summed E-state index contributed by atoms with van der Waals surface area (Å²) in [5, 5.41) is 5.04. The number of nitrogens with zero attached hydrogens (tertiary/aromatic N) is 1. The van der Waals surface area contributed by atoms with Gasteiger partial charge in [0.1, 0.15) is 11.4 Å². The molecule has 0 aliphatic carbocycles. The van der Waals surface area contributed by atoms with E-state index >= 15 is 0 Å². The number of imide groups is 1. The number of hydrogen-bond acceptors (Lipinski definition) is 7. The molecule has 0 saturated carbocycles. The number of benzene rings is 2. The van der Waals surface area contributed by atoms with E-state index in [1.165, 1.54) is 16.2 Å². The van der Waals surface area contributed by atoms with Gasteiger partial charge < -0.3 is 19.5 Å². The largest absolute Gasteiger partial charge is 0.494 e. The summed E-state index contributed by atoms with van der Waals surface area (Å²) in [5.74, 6) is 1.06. The molecule has 33 heavy (non-hydrogen) atoms. The molecular formula is C25H24N2O5S. The third-order valence-corrected chi connectivity index (χ3v) is 6.03. The Balaban J connectivity index is 1.66. The summed E-state index contributed by atoms with van der Waals surface area (Å²) < 4.78 is 16.2. The molecule has 0 radical (unpaired) electrons. The fourth-order valence-electron chi connectivity index (χ4n) is 3.62. The highest BCUT2D eigenvalue weighted by Gasteiger charge is 2.39. The quantitative estimate of drug-likeness (QED) is 0.468. The maximum Gasteiger partial charge on any atom is 0.278 e. The summed E-state index contributed by atoms with van der Waals surface area (Å²) in [4.78, 5) is 28.8. The van der Waals surface area contributed by atoms with E-state index in [1.54, 1.807) is 32.4 Å². The summed E-state index contributed by atoms with van der Waals surface area (Å²) in [6.07, 6.45) is 0. The predicted octanol–water partition coefficient (Wildman–Crippen LogP) is 4.56. The first-order chi connectivity index (χ1) is 16.0. The maximum absolute atomic E-state index is 13.4. The van der Waals surface area contributed by atoms with E-state index in [2.05, 4.69) is 5.32 Å². The van der Waals surface area contributed by atoms with Gasteiger partial charge in [0.2, 0.25) is 0 Å². The molecule has 0 unspecified atom stereocenters. The van der Waals surface area contributed by atoms with E-state index in [0.29, 0.717) is 35.1 Å². The van der Waals surface area contributed by atoms with E-state index in [9.17, 15) is 9.59 Å². The molecule has 1 N–H and O–H groups in total. The van der Waals surface area contributed by atoms with Crippen molar-refractivity contribution in [2.45, 2.75) is 13.5 Å². The molecule has 4 rings (SSSR count). The zero-order valence-electron chi connectivity index (χ0n) is 18.6. The van der Waals surface area contributed by atoms with Crippen LogP contribution >= 0.6 is 11.3 Å². The Labute approximate surface area is 196 Å². The standard InChI is InChI=1S/C25H24N2O5S/c1-4-32-18-8-5-7-17(14-18)26-23-22(21-9-6-12-33-21)24(28)27(25(23)29)15-16-10-11-19(30-2)20(13-16)31-3/h5-14,26H,4,15H2,1-3H3. The van der Waals surface area contributed by atoms with Crippen molar-refractivity contribution in [3.05, 3.63) is 76.1 Å². The summed E-state index contributed by atoms with van der Waals surface area (Å²) >= 11 is 1.41. The lowest BCUT2D eigenvalue weighted by atomic mass is 10.1. The van der Waals surface area contributed by atoms with Crippen LogP contribution in [0, 0.1) is 0 Å². The minimum absolute atomic E-state index is 0.108. The molecule has 2 aromatic carbocycles. The minimum atomic E-state index is -0.389. The Bertz CT molecular complexity index is 1200. The van der Waals surface area contributed by atoms with Crippen molar-refractivity contribution in [2.24, 2.45) is 0 Å². The number of thiophene rings is 1. The molecule has 1 aromatic heterocycles. The van der Waals surface area contributed by atoms with Crippen LogP contribution in [0.4, 0.5) is 5.69 Å². The van der Waals surface area contributed by atoms with Gasteiger partial charge in [-0.05, 0) is 48.2 Å². The van der Waals surface area contributed by atoms with Gasteiger partial charge in [0.05, 0.1) is 32.9 Å². The van der Waals surface area contributed by atoms with Crippen molar-refractivity contribution in [2.75, 3.05) is 26.1 Å². The average molecular weight is 465 g/mol. The van der Waals surface area contributed by atoms with Crippen molar-refractivity contribution >= 4 is 34.4 Å². The van der Waals surface area contributed by atoms with Gasteiger partial charge in [-0.15, -0.1) is 11.3 Å². The Morgan fingerprint density at radius 1 is 0.939 bits per heavy atom. The molecule has 3 aromatic rings. The Morgan fingerprint density at radius 2 is 1.76 bits per heavy atom. The van der Waals surface area contributed by atoms with Gasteiger partial charge >= 0.3 is 0 Å². The number of rotatable bonds is 9. The molecule has 0 fully saturated rings. The van der Waals surface area contributed by atoms with Gasteiger partial charge in [-0.3, -0.25) is 14.5 Å². The zero-order chi connectivity index (χ0) is 23.4. The zero-order valence-corrected chi connectivity index (χ0v) is 19.4. The Hall–Kier alpha value is -3.78. The third kappa shape index (κ3) is 4.56. The van der Waals surface area contributed by atoms with Crippen LogP contribution in [0.3, 0.4) is 0 Å². The lowest BCUT2D eigenvalue weighted by molar-refractivity contribution is -0.137. The van der Waals surface area contributed by atoms with Crippen LogP contribution in [0.25, 0.3) is 5.57 Å².